The fraction of sp³-hybridized carbons (Fsp3) is 0.533. The zero-order valence-electron chi connectivity index (χ0n) is 11.5. The summed E-state index contributed by atoms with van der Waals surface area (Å²) in [6.07, 6.45) is 2.20. The van der Waals surface area contributed by atoms with Crippen LogP contribution in [0.25, 0.3) is 0 Å². The molecular formula is C15H20FNO2. The summed E-state index contributed by atoms with van der Waals surface area (Å²) in [5.74, 6) is -0.00801. The van der Waals surface area contributed by atoms with Crippen molar-refractivity contribution in [2.45, 2.75) is 19.8 Å². The average molecular weight is 265 g/mol. The monoisotopic (exact) mass is 265 g/mol. The molecule has 2 rings (SSSR count). The summed E-state index contributed by atoms with van der Waals surface area (Å²) < 4.78 is 19.4. The molecule has 0 amide bonds. The highest BCUT2D eigenvalue weighted by molar-refractivity contribution is 5.94. The molecule has 0 N–H and O–H groups in total. The number of hydrogen-bond acceptors (Lipinski definition) is 3. The molecule has 1 aliphatic rings. The van der Waals surface area contributed by atoms with Gasteiger partial charge >= 0.3 is 0 Å². The quantitative estimate of drug-likeness (QED) is 0.784. The smallest absolute Gasteiger partial charge is 0.159 e. The molecule has 0 saturated carbocycles. The number of halogens is 1. The van der Waals surface area contributed by atoms with E-state index >= 15 is 0 Å². The zero-order chi connectivity index (χ0) is 13.8. The van der Waals surface area contributed by atoms with Gasteiger partial charge in [-0.25, -0.2) is 4.39 Å². The maximum Gasteiger partial charge on any atom is 0.159 e. The van der Waals surface area contributed by atoms with Gasteiger partial charge in [-0.3, -0.25) is 4.79 Å². The van der Waals surface area contributed by atoms with Crippen molar-refractivity contribution < 1.29 is 13.9 Å². The number of nitrogens with zero attached hydrogens (tertiary/aromatic N) is 1. The number of Topliss-reactive ketones (excluding diaryl/α,β-unsaturated/α-hetero) is 1. The highest BCUT2D eigenvalue weighted by Crippen LogP contribution is 2.23. The van der Waals surface area contributed by atoms with E-state index in [9.17, 15) is 9.18 Å². The number of rotatable bonds is 4. The van der Waals surface area contributed by atoms with Crippen molar-refractivity contribution in [3.05, 3.63) is 29.6 Å². The van der Waals surface area contributed by atoms with Gasteiger partial charge < -0.3 is 9.64 Å². The third-order valence-electron chi connectivity index (χ3n) is 3.55. The van der Waals surface area contributed by atoms with E-state index < -0.39 is 0 Å². The first-order valence-corrected chi connectivity index (χ1v) is 6.67. The molecule has 1 atom stereocenters. The Bertz CT molecular complexity index is 455. The number of ketones is 1. The summed E-state index contributed by atoms with van der Waals surface area (Å²) in [7, 11) is 1.88. The van der Waals surface area contributed by atoms with Crippen LogP contribution >= 0.6 is 0 Å². The number of carbonyl (C=O) groups excluding carboxylic acids is 1. The van der Waals surface area contributed by atoms with Gasteiger partial charge in [-0.15, -0.1) is 0 Å². The molecule has 1 heterocycles. The fourth-order valence-corrected chi connectivity index (χ4v) is 2.47. The lowest BCUT2D eigenvalue weighted by atomic mass is 10.0. The van der Waals surface area contributed by atoms with Gasteiger partial charge in [0.1, 0.15) is 5.82 Å². The van der Waals surface area contributed by atoms with Crippen LogP contribution < -0.4 is 4.90 Å². The molecule has 104 valence electrons. The largest absolute Gasteiger partial charge is 0.381 e. The van der Waals surface area contributed by atoms with E-state index in [0.717, 1.165) is 32.6 Å². The Kier molecular flexibility index (Phi) is 4.53. The third kappa shape index (κ3) is 3.53. The van der Waals surface area contributed by atoms with Crippen LogP contribution in [0, 0.1) is 11.7 Å². The molecule has 1 aliphatic heterocycles. The predicted molar refractivity (Wildman–Crippen MR) is 73.2 cm³/mol. The van der Waals surface area contributed by atoms with Gasteiger partial charge in [-0.2, -0.15) is 0 Å². The SMILES string of the molecule is CC(=O)c1ccc(N(C)CC2CCCOC2)c(F)c1. The topological polar surface area (TPSA) is 29.5 Å². The zero-order valence-corrected chi connectivity index (χ0v) is 11.5. The van der Waals surface area contributed by atoms with Crippen LogP contribution in [0.1, 0.15) is 30.1 Å². The van der Waals surface area contributed by atoms with Gasteiger partial charge in [-0.1, -0.05) is 0 Å². The minimum atomic E-state index is -0.341. The number of anilines is 1. The summed E-state index contributed by atoms with van der Waals surface area (Å²) in [5.41, 5.74) is 0.950. The minimum Gasteiger partial charge on any atom is -0.381 e. The molecule has 3 nitrogen and oxygen atoms in total. The standard InChI is InChI=1S/C15H20FNO2/c1-11(18)13-5-6-15(14(16)8-13)17(2)9-12-4-3-7-19-10-12/h5-6,8,12H,3-4,7,9-10H2,1-2H3. The summed E-state index contributed by atoms with van der Waals surface area (Å²) in [5, 5.41) is 0. The summed E-state index contributed by atoms with van der Waals surface area (Å²) in [6.45, 7) is 3.80. The fourth-order valence-electron chi connectivity index (χ4n) is 2.47. The second-order valence-electron chi connectivity index (χ2n) is 5.19. The minimum absolute atomic E-state index is 0.117. The number of benzene rings is 1. The predicted octanol–water partition coefficient (Wildman–Crippen LogP) is 2.89. The molecule has 1 fully saturated rings. The van der Waals surface area contributed by atoms with Crippen LogP contribution in [0.4, 0.5) is 10.1 Å². The van der Waals surface area contributed by atoms with E-state index in [4.69, 9.17) is 4.74 Å². The van der Waals surface area contributed by atoms with E-state index in [1.54, 1.807) is 12.1 Å². The molecule has 0 aromatic heterocycles. The highest BCUT2D eigenvalue weighted by atomic mass is 19.1. The Morgan fingerprint density at radius 3 is 2.89 bits per heavy atom. The Balaban J connectivity index is 2.05. The molecular weight excluding hydrogens is 245 g/mol. The maximum atomic E-state index is 14.0. The molecule has 1 aromatic rings. The lowest BCUT2D eigenvalue weighted by molar-refractivity contribution is 0.0576. The maximum absolute atomic E-state index is 14.0. The van der Waals surface area contributed by atoms with Crippen molar-refractivity contribution in [1.82, 2.24) is 0 Å². The molecule has 0 bridgehead atoms. The van der Waals surface area contributed by atoms with Gasteiger partial charge in [0.25, 0.3) is 0 Å². The summed E-state index contributed by atoms with van der Waals surface area (Å²) in [4.78, 5) is 13.1. The Labute approximate surface area is 113 Å². The average Bonchev–Trinajstić information content (AvgIpc) is 2.39. The third-order valence-corrected chi connectivity index (χ3v) is 3.55. The molecule has 0 spiro atoms. The summed E-state index contributed by atoms with van der Waals surface area (Å²) >= 11 is 0. The van der Waals surface area contributed by atoms with Gasteiger partial charge in [0.05, 0.1) is 12.3 Å². The lowest BCUT2D eigenvalue weighted by Gasteiger charge is -2.28. The van der Waals surface area contributed by atoms with Crippen molar-refractivity contribution in [3.8, 4) is 0 Å². The number of hydrogen-bond donors (Lipinski definition) is 0. The van der Waals surface area contributed by atoms with Crippen LogP contribution in [0.15, 0.2) is 18.2 Å². The second-order valence-corrected chi connectivity index (χ2v) is 5.19. The summed E-state index contributed by atoms with van der Waals surface area (Å²) in [6, 6.07) is 4.66. The molecule has 19 heavy (non-hydrogen) atoms. The van der Waals surface area contributed by atoms with Crippen molar-refractivity contribution in [3.63, 3.8) is 0 Å². The van der Waals surface area contributed by atoms with Crippen LogP contribution in [-0.4, -0.2) is 32.6 Å². The van der Waals surface area contributed by atoms with Crippen LogP contribution in [0.5, 0.6) is 0 Å². The first-order chi connectivity index (χ1) is 9.08. The Morgan fingerprint density at radius 2 is 2.32 bits per heavy atom. The highest BCUT2D eigenvalue weighted by Gasteiger charge is 2.18. The molecule has 1 saturated heterocycles. The van der Waals surface area contributed by atoms with Gasteiger partial charge in [0.2, 0.25) is 0 Å². The Morgan fingerprint density at radius 1 is 1.53 bits per heavy atom. The molecule has 4 heteroatoms. The van der Waals surface area contributed by atoms with Crippen LogP contribution in [0.3, 0.4) is 0 Å². The molecule has 0 aliphatic carbocycles. The lowest BCUT2D eigenvalue weighted by Crippen LogP contribution is -2.31. The van der Waals surface area contributed by atoms with E-state index in [-0.39, 0.29) is 11.6 Å². The van der Waals surface area contributed by atoms with E-state index in [0.29, 0.717) is 17.2 Å². The van der Waals surface area contributed by atoms with Crippen molar-refractivity contribution >= 4 is 11.5 Å². The second kappa shape index (κ2) is 6.15. The van der Waals surface area contributed by atoms with Crippen LogP contribution in [-0.2, 0) is 4.74 Å². The van der Waals surface area contributed by atoms with Gasteiger partial charge in [0, 0.05) is 25.8 Å². The number of carbonyl (C=O) groups is 1. The molecule has 1 aromatic carbocycles. The van der Waals surface area contributed by atoms with Gasteiger partial charge in [0.15, 0.2) is 5.78 Å². The van der Waals surface area contributed by atoms with Crippen molar-refractivity contribution in [1.29, 1.82) is 0 Å². The molecule has 0 radical (unpaired) electrons. The normalized spacial score (nSPS) is 19.2. The molecule has 1 unspecified atom stereocenters. The van der Waals surface area contributed by atoms with E-state index in [1.807, 2.05) is 11.9 Å². The van der Waals surface area contributed by atoms with Gasteiger partial charge in [-0.05, 0) is 43.9 Å². The van der Waals surface area contributed by atoms with E-state index in [2.05, 4.69) is 0 Å². The first-order valence-electron chi connectivity index (χ1n) is 6.67. The van der Waals surface area contributed by atoms with Crippen molar-refractivity contribution in [2.75, 3.05) is 31.7 Å². The first kappa shape index (κ1) is 14.0. The van der Waals surface area contributed by atoms with E-state index in [1.165, 1.54) is 13.0 Å². The Hall–Kier alpha value is -1.42. The van der Waals surface area contributed by atoms with Crippen molar-refractivity contribution in [2.24, 2.45) is 5.92 Å². The van der Waals surface area contributed by atoms with Crippen LogP contribution in [0.2, 0.25) is 0 Å². The number of ether oxygens (including phenoxy) is 1.